The SMILES string of the molecule is CCC1(c2ccccc2)C=CN(c2ccccc2)C1=O. The molecule has 20 heavy (non-hydrogen) atoms. The highest BCUT2D eigenvalue weighted by molar-refractivity contribution is 6.06. The lowest BCUT2D eigenvalue weighted by Crippen LogP contribution is -2.38. The van der Waals surface area contributed by atoms with Crippen molar-refractivity contribution in [3.05, 3.63) is 78.5 Å². The predicted molar refractivity (Wildman–Crippen MR) is 81.5 cm³/mol. The Hall–Kier alpha value is -2.35. The Morgan fingerprint density at radius 3 is 2.15 bits per heavy atom. The van der Waals surface area contributed by atoms with E-state index in [2.05, 4.69) is 6.92 Å². The molecule has 1 aliphatic heterocycles. The zero-order valence-corrected chi connectivity index (χ0v) is 11.5. The lowest BCUT2D eigenvalue weighted by Gasteiger charge is -2.27. The van der Waals surface area contributed by atoms with Gasteiger partial charge in [0.1, 0.15) is 0 Å². The Balaban J connectivity index is 2.01. The largest absolute Gasteiger partial charge is 0.287 e. The third kappa shape index (κ3) is 1.85. The molecule has 3 rings (SSSR count). The van der Waals surface area contributed by atoms with E-state index in [9.17, 15) is 4.79 Å². The number of rotatable bonds is 3. The molecule has 1 aliphatic rings. The summed E-state index contributed by atoms with van der Waals surface area (Å²) in [6.07, 6.45) is 4.68. The third-order valence-electron chi connectivity index (χ3n) is 3.99. The molecule has 1 atom stereocenters. The molecule has 2 nitrogen and oxygen atoms in total. The number of benzene rings is 2. The minimum Gasteiger partial charge on any atom is -0.287 e. The van der Waals surface area contributed by atoms with Crippen molar-refractivity contribution in [3.63, 3.8) is 0 Å². The van der Waals surface area contributed by atoms with Crippen molar-refractivity contribution >= 4 is 11.6 Å². The number of hydrogen-bond donors (Lipinski definition) is 0. The van der Waals surface area contributed by atoms with E-state index in [1.165, 1.54) is 0 Å². The maximum Gasteiger partial charge on any atom is 0.245 e. The number of carbonyl (C=O) groups is 1. The zero-order chi connectivity index (χ0) is 14.0. The van der Waals surface area contributed by atoms with Gasteiger partial charge in [0.25, 0.3) is 0 Å². The number of para-hydroxylation sites is 1. The van der Waals surface area contributed by atoms with E-state index in [0.717, 1.165) is 17.7 Å². The van der Waals surface area contributed by atoms with Crippen LogP contribution in [0.25, 0.3) is 0 Å². The molecule has 0 fully saturated rings. The summed E-state index contributed by atoms with van der Waals surface area (Å²) in [4.78, 5) is 14.7. The number of nitrogens with zero attached hydrogens (tertiary/aromatic N) is 1. The molecule has 0 aliphatic carbocycles. The van der Waals surface area contributed by atoms with Crippen molar-refractivity contribution in [2.75, 3.05) is 4.90 Å². The van der Waals surface area contributed by atoms with E-state index in [1.54, 1.807) is 4.90 Å². The highest BCUT2D eigenvalue weighted by Gasteiger charge is 2.43. The molecular formula is C18H17NO. The van der Waals surface area contributed by atoms with Crippen LogP contribution < -0.4 is 4.90 Å². The van der Waals surface area contributed by atoms with Crippen molar-refractivity contribution in [1.82, 2.24) is 0 Å². The van der Waals surface area contributed by atoms with Gasteiger partial charge < -0.3 is 0 Å². The van der Waals surface area contributed by atoms with Crippen LogP contribution in [0, 0.1) is 0 Å². The zero-order valence-electron chi connectivity index (χ0n) is 11.5. The summed E-state index contributed by atoms with van der Waals surface area (Å²) in [6, 6.07) is 19.8. The van der Waals surface area contributed by atoms with Crippen LogP contribution in [0.1, 0.15) is 18.9 Å². The summed E-state index contributed by atoms with van der Waals surface area (Å²) in [5, 5.41) is 0. The first kappa shape index (κ1) is 12.7. The molecule has 2 heteroatoms. The van der Waals surface area contributed by atoms with E-state index < -0.39 is 5.41 Å². The molecule has 2 aromatic rings. The number of anilines is 1. The van der Waals surface area contributed by atoms with Crippen LogP contribution in [0.4, 0.5) is 5.69 Å². The standard InChI is InChI=1S/C18H17NO/c1-2-18(15-9-5-3-6-10-15)13-14-19(17(18)20)16-11-7-4-8-12-16/h3-14H,2H2,1H3. The predicted octanol–water partition coefficient (Wildman–Crippen LogP) is 3.89. The van der Waals surface area contributed by atoms with E-state index in [1.807, 2.05) is 72.9 Å². The van der Waals surface area contributed by atoms with Crippen LogP contribution in [0.15, 0.2) is 72.9 Å². The van der Waals surface area contributed by atoms with Crippen LogP contribution in [0.3, 0.4) is 0 Å². The lowest BCUT2D eigenvalue weighted by molar-refractivity contribution is -0.121. The van der Waals surface area contributed by atoms with Crippen molar-refractivity contribution in [1.29, 1.82) is 0 Å². The molecule has 0 saturated carbocycles. The lowest BCUT2D eigenvalue weighted by atomic mass is 9.78. The Bertz CT molecular complexity index is 633. The minimum atomic E-state index is -0.531. The average Bonchev–Trinajstić information content (AvgIpc) is 2.87. The van der Waals surface area contributed by atoms with E-state index in [0.29, 0.717) is 0 Å². The van der Waals surface area contributed by atoms with Gasteiger partial charge in [-0.05, 0) is 30.2 Å². The van der Waals surface area contributed by atoms with E-state index >= 15 is 0 Å². The summed E-state index contributed by atoms with van der Waals surface area (Å²) in [5.74, 6) is 0.123. The molecule has 100 valence electrons. The molecule has 1 amide bonds. The maximum atomic E-state index is 12.9. The summed E-state index contributed by atoms with van der Waals surface area (Å²) in [6.45, 7) is 2.06. The van der Waals surface area contributed by atoms with E-state index in [-0.39, 0.29) is 5.91 Å². The first-order chi connectivity index (χ1) is 9.78. The second-order valence-electron chi connectivity index (χ2n) is 5.02. The molecule has 0 bridgehead atoms. The monoisotopic (exact) mass is 263 g/mol. The van der Waals surface area contributed by atoms with Gasteiger partial charge in [-0.25, -0.2) is 0 Å². The second-order valence-corrected chi connectivity index (χ2v) is 5.02. The number of amides is 1. The second kappa shape index (κ2) is 4.97. The molecule has 0 saturated heterocycles. The van der Waals surface area contributed by atoms with Crippen LogP contribution in [0.5, 0.6) is 0 Å². The summed E-state index contributed by atoms with van der Waals surface area (Å²) in [7, 11) is 0. The fraction of sp³-hybridized carbons (Fsp3) is 0.167. The van der Waals surface area contributed by atoms with Gasteiger partial charge in [-0.15, -0.1) is 0 Å². The topological polar surface area (TPSA) is 20.3 Å². The Morgan fingerprint density at radius 1 is 0.950 bits per heavy atom. The molecule has 2 aromatic carbocycles. The molecule has 0 radical (unpaired) electrons. The molecule has 1 unspecified atom stereocenters. The molecular weight excluding hydrogens is 246 g/mol. The van der Waals surface area contributed by atoms with E-state index in [4.69, 9.17) is 0 Å². The maximum absolute atomic E-state index is 12.9. The minimum absolute atomic E-state index is 0.123. The first-order valence-electron chi connectivity index (χ1n) is 6.91. The number of carbonyl (C=O) groups excluding carboxylic acids is 1. The van der Waals surface area contributed by atoms with Crippen molar-refractivity contribution in [2.24, 2.45) is 0 Å². The van der Waals surface area contributed by atoms with Gasteiger partial charge in [0.15, 0.2) is 0 Å². The normalized spacial score (nSPS) is 21.4. The summed E-state index contributed by atoms with van der Waals surface area (Å²) in [5.41, 5.74) is 1.44. The fourth-order valence-electron chi connectivity index (χ4n) is 2.78. The molecule has 0 aromatic heterocycles. The quantitative estimate of drug-likeness (QED) is 0.822. The van der Waals surface area contributed by atoms with Gasteiger partial charge in [-0.3, -0.25) is 9.69 Å². The smallest absolute Gasteiger partial charge is 0.245 e. The van der Waals surface area contributed by atoms with Crippen molar-refractivity contribution in [3.8, 4) is 0 Å². The fourth-order valence-corrected chi connectivity index (χ4v) is 2.78. The Kier molecular flexibility index (Phi) is 3.15. The third-order valence-corrected chi connectivity index (χ3v) is 3.99. The first-order valence-corrected chi connectivity index (χ1v) is 6.91. The summed E-state index contributed by atoms with van der Waals surface area (Å²) < 4.78 is 0. The highest BCUT2D eigenvalue weighted by Crippen LogP contribution is 2.38. The Morgan fingerprint density at radius 2 is 1.55 bits per heavy atom. The molecule has 0 spiro atoms. The Labute approximate surface area is 119 Å². The summed E-state index contributed by atoms with van der Waals surface area (Å²) >= 11 is 0. The van der Waals surface area contributed by atoms with Crippen LogP contribution >= 0.6 is 0 Å². The van der Waals surface area contributed by atoms with Crippen molar-refractivity contribution in [2.45, 2.75) is 18.8 Å². The van der Waals surface area contributed by atoms with Crippen LogP contribution in [0.2, 0.25) is 0 Å². The van der Waals surface area contributed by atoms with Gasteiger partial charge >= 0.3 is 0 Å². The van der Waals surface area contributed by atoms with Gasteiger partial charge in [0.05, 0.1) is 5.41 Å². The van der Waals surface area contributed by atoms with Gasteiger partial charge in [-0.2, -0.15) is 0 Å². The van der Waals surface area contributed by atoms with Crippen LogP contribution in [-0.4, -0.2) is 5.91 Å². The molecule has 1 heterocycles. The average molecular weight is 263 g/mol. The van der Waals surface area contributed by atoms with Gasteiger partial charge in [0, 0.05) is 11.9 Å². The number of hydrogen-bond acceptors (Lipinski definition) is 1. The van der Waals surface area contributed by atoms with Crippen LogP contribution in [-0.2, 0) is 10.2 Å². The highest BCUT2D eigenvalue weighted by atomic mass is 16.2. The van der Waals surface area contributed by atoms with Crippen molar-refractivity contribution < 1.29 is 4.79 Å². The van der Waals surface area contributed by atoms with Gasteiger partial charge in [0.2, 0.25) is 5.91 Å². The van der Waals surface area contributed by atoms with Gasteiger partial charge in [-0.1, -0.05) is 55.5 Å². The molecule has 0 N–H and O–H groups in total.